The molecule has 2 aromatic rings. The molecule has 0 radical (unpaired) electrons. The Kier molecular flexibility index (Phi) is 2.22. The molecule has 0 aliphatic carbocycles. The van der Waals surface area contributed by atoms with Crippen LogP contribution in [0.5, 0.6) is 0 Å². The number of pyridine rings is 1. The van der Waals surface area contributed by atoms with Gasteiger partial charge in [0.1, 0.15) is 17.8 Å². The third kappa shape index (κ3) is 1.50. The maximum atomic E-state index is 11.8. The molecule has 0 fully saturated rings. The standard InChI is InChI=1S/C12H10N4O2/c1-15-8-2-3-10(16-5-4-13-7-16)14-12(8)9(17)6-11(15)18/h2-5,7H,6H2,1H3. The molecule has 6 nitrogen and oxygen atoms in total. The van der Waals surface area contributed by atoms with Crippen molar-refractivity contribution in [1.29, 1.82) is 0 Å². The maximum Gasteiger partial charge on any atom is 0.234 e. The molecular weight excluding hydrogens is 232 g/mol. The molecule has 90 valence electrons. The SMILES string of the molecule is CN1C(=O)CC(=O)c2nc(-n3ccnc3)ccc21. The Bertz CT molecular complexity index is 634. The summed E-state index contributed by atoms with van der Waals surface area (Å²) >= 11 is 0. The van der Waals surface area contributed by atoms with Crippen LogP contribution < -0.4 is 4.90 Å². The molecule has 0 saturated heterocycles. The van der Waals surface area contributed by atoms with Crippen LogP contribution in [0.1, 0.15) is 16.9 Å². The number of amides is 1. The van der Waals surface area contributed by atoms with E-state index in [-0.39, 0.29) is 18.1 Å². The first-order valence-electron chi connectivity index (χ1n) is 5.46. The van der Waals surface area contributed by atoms with Crippen LogP contribution in [0.4, 0.5) is 5.69 Å². The number of carbonyl (C=O) groups is 2. The summed E-state index contributed by atoms with van der Waals surface area (Å²) in [7, 11) is 1.65. The van der Waals surface area contributed by atoms with Gasteiger partial charge in [-0.05, 0) is 12.1 Å². The van der Waals surface area contributed by atoms with Gasteiger partial charge in [-0.2, -0.15) is 0 Å². The van der Waals surface area contributed by atoms with Crippen molar-refractivity contribution in [3.63, 3.8) is 0 Å². The van der Waals surface area contributed by atoms with Crippen molar-refractivity contribution >= 4 is 17.4 Å². The number of carbonyl (C=O) groups excluding carboxylic acids is 2. The van der Waals surface area contributed by atoms with Crippen LogP contribution in [0, 0.1) is 0 Å². The highest BCUT2D eigenvalue weighted by molar-refractivity contribution is 6.18. The average Bonchev–Trinajstić information content (AvgIpc) is 2.89. The summed E-state index contributed by atoms with van der Waals surface area (Å²) in [6.45, 7) is 0. The van der Waals surface area contributed by atoms with Gasteiger partial charge < -0.3 is 4.90 Å². The second-order valence-corrected chi connectivity index (χ2v) is 4.06. The number of hydrogen-bond acceptors (Lipinski definition) is 4. The number of aromatic nitrogens is 3. The van der Waals surface area contributed by atoms with Gasteiger partial charge in [-0.15, -0.1) is 0 Å². The molecule has 0 spiro atoms. The summed E-state index contributed by atoms with van der Waals surface area (Å²) in [5.74, 6) is 0.169. The van der Waals surface area contributed by atoms with Gasteiger partial charge in [-0.1, -0.05) is 0 Å². The molecule has 0 atom stereocenters. The van der Waals surface area contributed by atoms with Crippen LogP contribution in [0.25, 0.3) is 5.82 Å². The van der Waals surface area contributed by atoms with Crippen molar-refractivity contribution in [2.45, 2.75) is 6.42 Å². The Morgan fingerprint density at radius 1 is 1.28 bits per heavy atom. The average molecular weight is 242 g/mol. The lowest BCUT2D eigenvalue weighted by Gasteiger charge is -2.24. The number of ketones is 1. The predicted molar refractivity (Wildman–Crippen MR) is 63.7 cm³/mol. The second-order valence-electron chi connectivity index (χ2n) is 4.06. The zero-order valence-electron chi connectivity index (χ0n) is 9.70. The lowest BCUT2D eigenvalue weighted by molar-refractivity contribution is -0.117. The monoisotopic (exact) mass is 242 g/mol. The largest absolute Gasteiger partial charge is 0.313 e. The fourth-order valence-corrected chi connectivity index (χ4v) is 1.93. The Hall–Kier alpha value is -2.50. The lowest BCUT2D eigenvalue weighted by Crippen LogP contribution is -2.35. The van der Waals surface area contributed by atoms with E-state index in [4.69, 9.17) is 0 Å². The minimum atomic E-state index is -0.241. The van der Waals surface area contributed by atoms with E-state index in [0.29, 0.717) is 17.2 Å². The summed E-state index contributed by atoms with van der Waals surface area (Å²) in [6, 6.07) is 3.48. The van der Waals surface area contributed by atoms with E-state index in [1.54, 1.807) is 42.5 Å². The molecule has 0 saturated carbocycles. The molecule has 0 bridgehead atoms. The molecule has 0 aromatic carbocycles. The van der Waals surface area contributed by atoms with E-state index >= 15 is 0 Å². The first-order valence-corrected chi connectivity index (χ1v) is 5.46. The number of Topliss-reactive ketones (excluding diaryl/α,β-unsaturated/α-hetero) is 1. The van der Waals surface area contributed by atoms with Gasteiger partial charge in [-0.25, -0.2) is 9.97 Å². The molecule has 2 aromatic heterocycles. The third-order valence-electron chi connectivity index (χ3n) is 2.94. The first-order chi connectivity index (χ1) is 8.66. The highest BCUT2D eigenvalue weighted by Gasteiger charge is 2.28. The van der Waals surface area contributed by atoms with Gasteiger partial charge in [-0.3, -0.25) is 14.2 Å². The van der Waals surface area contributed by atoms with Crippen LogP contribution in [0.15, 0.2) is 30.9 Å². The number of fused-ring (bicyclic) bond motifs is 1. The minimum Gasteiger partial charge on any atom is -0.313 e. The smallest absolute Gasteiger partial charge is 0.234 e. The van der Waals surface area contributed by atoms with Crippen LogP contribution in [0.2, 0.25) is 0 Å². The van der Waals surface area contributed by atoms with E-state index in [1.165, 1.54) is 4.90 Å². The van der Waals surface area contributed by atoms with Gasteiger partial charge in [0, 0.05) is 19.4 Å². The third-order valence-corrected chi connectivity index (χ3v) is 2.94. The molecule has 1 amide bonds. The van der Waals surface area contributed by atoms with Crippen molar-refractivity contribution in [1.82, 2.24) is 14.5 Å². The zero-order valence-corrected chi connectivity index (χ0v) is 9.70. The van der Waals surface area contributed by atoms with Gasteiger partial charge in [0.2, 0.25) is 5.91 Å². The zero-order chi connectivity index (χ0) is 12.7. The number of anilines is 1. The number of rotatable bonds is 1. The van der Waals surface area contributed by atoms with E-state index < -0.39 is 0 Å². The van der Waals surface area contributed by atoms with Gasteiger partial charge in [0.25, 0.3) is 0 Å². The molecular formula is C12H10N4O2. The first kappa shape index (κ1) is 10.6. The second kappa shape index (κ2) is 3.76. The Labute approximate surface area is 103 Å². The van der Waals surface area contributed by atoms with Gasteiger partial charge in [0.15, 0.2) is 5.78 Å². The Morgan fingerprint density at radius 2 is 2.11 bits per heavy atom. The number of nitrogens with zero attached hydrogens (tertiary/aromatic N) is 4. The molecule has 18 heavy (non-hydrogen) atoms. The van der Waals surface area contributed by atoms with Crippen LogP contribution >= 0.6 is 0 Å². The summed E-state index contributed by atoms with van der Waals surface area (Å²) in [5.41, 5.74) is 0.892. The summed E-state index contributed by atoms with van der Waals surface area (Å²) in [6.07, 6.45) is 4.87. The minimum absolute atomic E-state index is 0.121. The van der Waals surface area contributed by atoms with Crippen molar-refractivity contribution < 1.29 is 9.59 Å². The number of imidazole rings is 1. The van der Waals surface area contributed by atoms with Crippen molar-refractivity contribution in [2.75, 3.05) is 11.9 Å². The van der Waals surface area contributed by atoms with Crippen molar-refractivity contribution in [3.8, 4) is 5.82 Å². The van der Waals surface area contributed by atoms with E-state index in [0.717, 1.165) is 0 Å². The summed E-state index contributed by atoms with van der Waals surface area (Å²) < 4.78 is 1.71. The molecule has 1 aliphatic rings. The van der Waals surface area contributed by atoms with Crippen molar-refractivity contribution in [2.24, 2.45) is 0 Å². The molecule has 3 heterocycles. The van der Waals surface area contributed by atoms with Crippen LogP contribution in [0.3, 0.4) is 0 Å². The van der Waals surface area contributed by atoms with Crippen LogP contribution in [-0.4, -0.2) is 33.3 Å². The normalized spacial score (nSPS) is 14.8. The molecule has 0 unspecified atom stereocenters. The Balaban J connectivity index is 2.13. The summed E-state index contributed by atoms with van der Waals surface area (Å²) in [5, 5.41) is 0. The van der Waals surface area contributed by atoms with E-state index in [9.17, 15) is 9.59 Å². The topological polar surface area (TPSA) is 68.1 Å². The molecule has 1 aliphatic heterocycles. The van der Waals surface area contributed by atoms with Gasteiger partial charge >= 0.3 is 0 Å². The molecule has 3 rings (SSSR count). The molecule has 0 N–H and O–H groups in total. The van der Waals surface area contributed by atoms with Crippen LogP contribution in [-0.2, 0) is 4.79 Å². The highest BCUT2D eigenvalue weighted by Crippen LogP contribution is 2.26. The fourth-order valence-electron chi connectivity index (χ4n) is 1.93. The quantitative estimate of drug-likeness (QED) is 0.694. The van der Waals surface area contributed by atoms with E-state index in [2.05, 4.69) is 9.97 Å². The van der Waals surface area contributed by atoms with Crippen molar-refractivity contribution in [3.05, 3.63) is 36.5 Å². The van der Waals surface area contributed by atoms with Gasteiger partial charge in [0.05, 0.1) is 12.1 Å². The maximum absolute atomic E-state index is 11.8. The number of hydrogen-bond donors (Lipinski definition) is 0. The highest BCUT2D eigenvalue weighted by atomic mass is 16.2. The predicted octanol–water partition coefficient (Wildman–Crippen LogP) is 0.816. The molecule has 6 heteroatoms. The summed E-state index contributed by atoms with van der Waals surface area (Å²) in [4.78, 5) is 33.1. The van der Waals surface area contributed by atoms with E-state index in [1.807, 2.05) is 0 Å². The fraction of sp³-hybridized carbons (Fsp3) is 0.167. The Morgan fingerprint density at radius 3 is 2.83 bits per heavy atom. The lowest BCUT2D eigenvalue weighted by atomic mass is 10.1.